The van der Waals surface area contributed by atoms with Crippen molar-refractivity contribution in [3.05, 3.63) is 59.2 Å². The van der Waals surface area contributed by atoms with E-state index in [1.165, 1.54) is 16.5 Å². The number of carbonyl (C=O) groups excluding carboxylic acids is 1. The van der Waals surface area contributed by atoms with Gasteiger partial charge in [0.05, 0.1) is 18.8 Å². The summed E-state index contributed by atoms with van der Waals surface area (Å²) in [6.45, 7) is 12.3. The Balaban J connectivity index is 1.35. The zero-order valence-electron chi connectivity index (χ0n) is 24.2. The Bertz CT molecular complexity index is 1470. The number of anilines is 3. The average Bonchev–Trinajstić information content (AvgIpc) is 2.99. The first-order valence-electron chi connectivity index (χ1n) is 14.6. The minimum atomic E-state index is -0.523. The predicted molar refractivity (Wildman–Crippen MR) is 161 cm³/mol. The maximum atomic E-state index is 12.7. The zero-order valence-corrected chi connectivity index (χ0v) is 24.2. The monoisotopic (exact) mass is 554 g/mol. The molecule has 0 unspecified atom stereocenters. The summed E-state index contributed by atoms with van der Waals surface area (Å²) in [7, 11) is 0. The summed E-state index contributed by atoms with van der Waals surface area (Å²) in [6.07, 6.45) is 0.525. The maximum Gasteiger partial charge on any atom is 0.410 e. The van der Waals surface area contributed by atoms with Crippen LogP contribution < -0.4 is 14.7 Å². The summed E-state index contributed by atoms with van der Waals surface area (Å²) >= 11 is 0. The fraction of sp³-hybridized carbons (Fsp3) is 0.469. The molecule has 41 heavy (non-hydrogen) atoms. The largest absolute Gasteiger partial charge is 0.444 e. The van der Waals surface area contributed by atoms with Gasteiger partial charge >= 0.3 is 6.09 Å². The third-order valence-electron chi connectivity index (χ3n) is 8.11. The van der Waals surface area contributed by atoms with Gasteiger partial charge in [-0.25, -0.2) is 9.78 Å². The first-order valence-corrected chi connectivity index (χ1v) is 14.6. The third kappa shape index (κ3) is 5.49. The van der Waals surface area contributed by atoms with Gasteiger partial charge in [-0.05, 0) is 44.2 Å². The molecule has 9 heteroatoms. The minimum Gasteiger partial charge on any atom is -0.444 e. The van der Waals surface area contributed by atoms with Crippen LogP contribution in [0.1, 0.15) is 37.5 Å². The summed E-state index contributed by atoms with van der Waals surface area (Å²) in [6, 6.07) is 17.5. The van der Waals surface area contributed by atoms with Crippen LogP contribution in [-0.2, 0) is 22.4 Å². The Morgan fingerprint density at radius 2 is 1.59 bits per heavy atom. The molecule has 3 aliphatic heterocycles. The summed E-state index contributed by atoms with van der Waals surface area (Å²) in [5.74, 6) is 1.70. The van der Waals surface area contributed by atoms with Crippen molar-refractivity contribution in [3.8, 4) is 6.07 Å². The van der Waals surface area contributed by atoms with Crippen molar-refractivity contribution in [3.63, 3.8) is 0 Å². The molecule has 2 aromatic carbocycles. The second-order valence-corrected chi connectivity index (χ2v) is 11.9. The van der Waals surface area contributed by atoms with E-state index in [0.29, 0.717) is 64.6 Å². The lowest BCUT2D eigenvalue weighted by Crippen LogP contribution is -2.51. The van der Waals surface area contributed by atoms with Crippen LogP contribution in [0.4, 0.5) is 22.1 Å². The molecule has 2 saturated heterocycles. The average molecular weight is 555 g/mol. The van der Waals surface area contributed by atoms with Gasteiger partial charge in [-0.3, -0.25) is 0 Å². The van der Waals surface area contributed by atoms with Gasteiger partial charge in [-0.1, -0.05) is 36.4 Å². The van der Waals surface area contributed by atoms with E-state index in [2.05, 4.69) is 63.2 Å². The highest BCUT2D eigenvalue weighted by Crippen LogP contribution is 2.38. The van der Waals surface area contributed by atoms with Crippen LogP contribution >= 0.6 is 0 Å². The fourth-order valence-corrected chi connectivity index (χ4v) is 6.10. The van der Waals surface area contributed by atoms with Crippen molar-refractivity contribution in [2.24, 2.45) is 0 Å². The molecule has 9 nitrogen and oxygen atoms in total. The van der Waals surface area contributed by atoms with Crippen LogP contribution in [0.15, 0.2) is 42.5 Å². The summed E-state index contributed by atoms with van der Waals surface area (Å²) in [5.41, 5.74) is 3.55. The second-order valence-electron chi connectivity index (χ2n) is 11.9. The standard InChI is InChI=1S/C32H38N6O3/c1-32(2,3)41-31(39)37-15-13-35(14-16-37)29-25-11-12-38(28-10-6-8-23-7-4-5-9-24(23)28)22-27(25)26(21-33)30(34-29)36-17-19-40-20-18-36/h4-10H,11-20,22H2,1-3H3. The van der Waals surface area contributed by atoms with Crippen LogP contribution in [0.25, 0.3) is 10.8 Å². The Hall–Kier alpha value is -4.03. The van der Waals surface area contributed by atoms with Gasteiger partial charge in [0.25, 0.3) is 0 Å². The van der Waals surface area contributed by atoms with Crippen LogP contribution in [0, 0.1) is 11.3 Å². The lowest BCUT2D eigenvalue weighted by Gasteiger charge is -2.40. The number of piperazine rings is 1. The van der Waals surface area contributed by atoms with E-state index in [1.807, 2.05) is 20.8 Å². The van der Waals surface area contributed by atoms with E-state index in [1.54, 1.807) is 4.90 Å². The third-order valence-corrected chi connectivity index (χ3v) is 8.11. The number of aromatic nitrogens is 1. The molecule has 214 valence electrons. The molecule has 4 heterocycles. The van der Waals surface area contributed by atoms with E-state index in [9.17, 15) is 10.1 Å². The molecule has 0 radical (unpaired) electrons. The highest BCUT2D eigenvalue weighted by Gasteiger charge is 2.33. The van der Waals surface area contributed by atoms with Gasteiger partial charge in [-0.15, -0.1) is 0 Å². The zero-order chi connectivity index (χ0) is 28.6. The number of rotatable bonds is 3. The quantitative estimate of drug-likeness (QED) is 0.466. The normalized spacial score (nSPS) is 17.8. The van der Waals surface area contributed by atoms with E-state index < -0.39 is 5.60 Å². The van der Waals surface area contributed by atoms with Crippen molar-refractivity contribution in [2.75, 3.05) is 73.7 Å². The van der Waals surface area contributed by atoms with Gasteiger partial charge < -0.3 is 29.1 Å². The molecular formula is C32H38N6O3. The van der Waals surface area contributed by atoms with E-state index >= 15 is 0 Å². The highest BCUT2D eigenvalue weighted by atomic mass is 16.6. The number of benzene rings is 2. The Morgan fingerprint density at radius 1 is 0.878 bits per heavy atom. The van der Waals surface area contributed by atoms with Gasteiger partial charge in [0.2, 0.25) is 0 Å². The number of hydrogen-bond acceptors (Lipinski definition) is 8. The van der Waals surface area contributed by atoms with E-state index in [0.717, 1.165) is 35.7 Å². The van der Waals surface area contributed by atoms with Crippen LogP contribution in [0.2, 0.25) is 0 Å². The number of nitriles is 1. The molecule has 0 atom stereocenters. The molecule has 0 saturated carbocycles. The lowest BCUT2D eigenvalue weighted by atomic mass is 9.94. The first-order chi connectivity index (χ1) is 19.8. The number of nitrogens with zero attached hydrogens (tertiary/aromatic N) is 6. The van der Waals surface area contributed by atoms with Gasteiger partial charge in [0.1, 0.15) is 23.3 Å². The summed E-state index contributed by atoms with van der Waals surface area (Å²) in [4.78, 5) is 26.6. The highest BCUT2D eigenvalue weighted by molar-refractivity contribution is 5.94. The van der Waals surface area contributed by atoms with Crippen LogP contribution in [-0.4, -0.2) is 80.6 Å². The molecule has 0 aliphatic carbocycles. The molecule has 3 aliphatic rings. The van der Waals surface area contributed by atoms with E-state index in [4.69, 9.17) is 14.5 Å². The SMILES string of the molecule is CC(C)(C)OC(=O)N1CCN(c2nc(N3CCOCC3)c(C#N)c3c2CCN(c2cccc4ccccc24)C3)CC1. The number of amides is 1. The summed E-state index contributed by atoms with van der Waals surface area (Å²) < 4.78 is 11.2. The van der Waals surface area contributed by atoms with Gasteiger partial charge in [0, 0.05) is 69.0 Å². The molecule has 1 aromatic heterocycles. The fourth-order valence-electron chi connectivity index (χ4n) is 6.10. The van der Waals surface area contributed by atoms with Crippen molar-refractivity contribution in [1.82, 2.24) is 9.88 Å². The lowest BCUT2D eigenvalue weighted by molar-refractivity contribution is 0.0240. The van der Waals surface area contributed by atoms with Crippen molar-refractivity contribution >= 4 is 34.2 Å². The number of hydrogen-bond donors (Lipinski definition) is 0. The van der Waals surface area contributed by atoms with Crippen LogP contribution in [0.5, 0.6) is 0 Å². The number of ether oxygens (including phenoxy) is 2. The molecule has 0 N–H and O–H groups in total. The van der Waals surface area contributed by atoms with Crippen LogP contribution in [0.3, 0.4) is 0 Å². The number of morpholine rings is 1. The number of pyridine rings is 1. The van der Waals surface area contributed by atoms with Crippen molar-refractivity contribution in [1.29, 1.82) is 5.26 Å². The van der Waals surface area contributed by atoms with Gasteiger partial charge in [0.15, 0.2) is 0 Å². The van der Waals surface area contributed by atoms with Crippen molar-refractivity contribution in [2.45, 2.75) is 39.3 Å². The Labute approximate surface area is 241 Å². The Kier molecular flexibility index (Phi) is 7.35. The summed E-state index contributed by atoms with van der Waals surface area (Å²) in [5, 5.41) is 12.9. The molecular weight excluding hydrogens is 516 g/mol. The van der Waals surface area contributed by atoms with Gasteiger partial charge in [-0.2, -0.15) is 5.26 Å². The van der Waals surface area contributed by atoms with E-state index in [-0.39, 0.29) is 6.09 Å². The number of carbonyl (C=O) groups is 1. The molecule has 1 amide bonds. The van der Waals surface area contributed by atoms with Crippen molar-refractivity contribution < 1.29 is 14.3 Å². The first kappa shape index (κ1) is 27.2. The molecule has 3 aromatic rings. The molecule has 0 spiro atoms. The molecule has 6 rings (SSSR count). The molecule has 2 fully saturated rings. The second kappa shape index (κ2) is 11.1. The number of fused-ring (bicyclic) bond motifs is 2. The maximum absolute atomic E-state index is 12.7. The molecule has 0 bridgehead atoms. The Morgan fingerprint density at radius 3 is 2.32 bits per heavy atom. The predicted octanol–water partition coefficient (Wildman–Crippen LogP) is 4.56. The minimum absolute atomic E-state index is 0.272. The smallest absolute Gasteiger partial charge is 0.410 e. The topological polar surface area (TPSA) is 85.2 Å².